The molecule has 7 nitrogen and oxygen atoms in total. The Labute approximate surface area is 158 Å². The number of anilines is 1. The molecule has 0 aromatic heterocycles. The number of carboxylic acid groups (broad SMARTS) is 1. The first-order chi connectivity index (χ1) is 12.8. The highest BCUT2D eigenvalue weighted by Crippen LogP contribution is 2.27. The van der Waals surface area contributed by atoms with E-state index in [1.54, 1.807) is 4.90 Å². The number of aliphatic carboxylic acids is 1. The number of nitrogens with zero attached hydrogens (tertiary/aromatic N) is 3. The van der Waals surface area contributed by atoms with Crippen LogP contribution in [0.3, 0.4) is 0 Å². The molecule has 0 radical (unpaired) electrons. The Balaban J connectivity index is 1.82. The first-order valence-corrected chi connectivity index (χ1v) is 9.27. The zero-order valence-corrected chi connectivity index (χ0v) is 15.9. The van der Waals surface area contributed by atoms with E-state index in [0.29, 0.717) is 37.3 Å². The van der Waals surface area contributed by atoms with E-state index in [2.05, 4.69) is 5.10 Å². The molecule has 2 amide bonds. The Morgan fingerprint density at radius 2 is 1.96 bits per heavy atom. The lowest BCUT2D eigenvalue weighted by atomic mass is 9.87. The number of hydrogen-bond acceptors (Lipinski definition) is 4. The lowest BCUT2D eigenvalue weighted by molar-refractivity contribution is -0.147. The molecule has 0 aliphatic carbocycles. The van der Waals surface area contributed by atoms with E-state index < -0.39 is 11.9 Å². The fourth-order valence-electron chi connectivity index (χ4n) is 3.72. The molecule has 1 saturated heterocycles. The van der Waals surface area contributed by atoms with E-state index in [9.17, 15) is 19.5 Å². The highest BCUT2D eigenvalue weighted by Gasteiger charge is 2.35. The van der Waals surface area contributed by atoms with Crippen LogP contribution in [0.2, 0.25) is 0 Å². The minimum Gasteiger partial charge on any atom is -0.481 e. The average molecular weight is 371 g/mol. The molecule has 2 atom stereocenters. The second kappa shape index (κ2) is 7.50. The standard InChI is InChI=1S/C20H25N3O4/c1-12-4-5-13(2)17(10-12)23-18(24)7-6-16(21-23)19(25)22-9-8-15(20(26)27)14(3)11-22/h4-5,10,14-15H,6-9,11H2,1-3H3,(H,26,27). The number of amides is 2. The molecule has 2 aliphatic heterocycles. The zero-order chi connectivity index (χ0) is 19.7. The normalized spacial score (nSPS) is 23.2. The third kappa shape index (κ3) is 3.86. The van der Waals surface area contributed by atoms with E-state index in [1.807, 2.05) is 39.0 Å². The van der Waals surface area contributed by atoms with Crippen LogP contribution in [0.25, 0.3) is 0 Å². The SMILES string of the molecule is Cc1ccc(C)c(N2N=C(C(=O)N3CCC(C(=O)O)C(C)C3)CCC2=O)c1. The number of hydrazone groups is 1. The molecule has 0 saturated carbocycles. The van der Waals surface area contributed by atoms with Crippen molar-refractivity contribution in [3.63, 3.8) is 0 Å². The molecule has 27 heavy (non-hydrogen) atoms. The van der Waals surface area contributed by atoms with Gasteiger partial charge in [-0.1, -0.05) is 19.1 Å². The lowest BCUT2D eigenvalue weighted by Gasteiger charge is -2.35. The Kier molecular flexibility index (Phi) is 5.30. The molecule has 3 rings (SSSR count). The van der Waals surface area contributed by atoms with Gasteiger partial charge >= 0.3 is 5.97 Å². The third-order valence-corrected chi connectivity index (χ3v) is 5.38. The van der Waals surface area contributed by atoms with E-state index >= 15 is 0 Å². The van der Waals surface area contributed by atoms with Crippen LogP contribution in [-0.4, -0.2) is 46.6 Å². The summed E-state index contributed by atoms with van der Waals surface area (Å²) in [6.45, 7) is 6.50. The van der Waals surface area contributed by atoms with Gasteiger partial charge in [0.05, 0.1) is 11.6 Å². The number of rotatable bonds is 3. The van der Waals surface area contributed by atoms with Gasteiger partial charge in [0.15, 0.2) is 0 Å². The van der Waals surface area contributed by atoms with Crippen LogP contribution in [-0.2, 0) is 14.4 Å². The molecule has 1 aromatic rings. The van der Waals surface area contributed by atoms with Crippen molar-refractivity contribution in [1.29, 1.82) is 0 Å². The van der Waals surface area contributed by atoms with Crippen LogP contribution < -0.4 is 5.01 Å². The van der Waals surface area contributed by atoms with Gasteiger partial charge in [-0.3, -0.25) is 14.4 Å². The van der Waals surface area contributed by atoms with Gasteiger partial charge in [-0.05, 0) is 43.4 Å². The maximum Gasteiger partial charge on any atom is 0.306 e. The van der Waals surface area contributed by atoms with Crippen LogP contribution in [0.5, 0.6) is 0 Å². The van der Waals surface area contributed by atoms with Crippen molar-refractivity contribution in [2.75, 3.05) is 18.1 Å². The summed E-state index contributed by atoms with van der Waals surface area (Å²) in [5.74, 6) is -1.67. The van der Waals surface area contributed by atoms with Crippen LogP contribution in [0.1, 0.15) is 37.3 Å². The fourth-order valence-corrected chi connectivity index (χ4v) is 3.72. The second-order valence-electron chi connectivity index (χ2n) is 7.50. The molecular formula is C20H25N3O4. The zero-order valence-electron chi connectivity index (χ0n) is 15.9. The summed E-state index contributed by atoms with van der Waals surface area (Å²) < 4.78 is 0. The molecule has 7 heteroatoms. The largest absolute Gasteiger partial charge is 0.481 e. The average Bonchev–Trinajstić information content (AvgIpc) is 2.63. The maximum absolute atomic E-state index is 12.9. The molecule has 0 spiro atoms. The minimum absolute atomic E-state index is 0.110. The van der Waals surface area contributed by atoms with Gasteiger partial charge in [0.2, 0.25) is 5.91 Å². The predicted octanol–water partition coefficient (Wildman–Crippen LogP) is 2.36. The van der Waals surface area contributed by atoms with Gasteiger partial charge in [-0.15, -0.1) is 0 Å². The third-order valence-electron chi connectivity index (χ3n) is 5.38. The van der Waals surface area contributed by atoms with Gasteiger partial charge in [-0.2, -0.15) is 5.10 Å². The van der Waals surface area contributed by atoms with Crippen LogP contribution >= 0.6 is 0 Å². The molecule has 1 aromatic carbocycles. The fraction of sp³-hybridized carbons (Fsp3) is 0.500. The van der Waals surface area contributed by atoms with Crippen molar-refractivity contribution in [1.82, 2.24) is 4.90 Å². The molecule has 2 aliphatic rings. The van der Waals surface area contributed by atoms with Gasteiger partial charge in [0.25, 0.3) is 5.91 Å². The highest BCUT2D eigenvalue weighted by molar-refractivity contribution is 6.40. The first-order valence-electron chi connectivity index (χ1n) is 9.27. The van der Waals surface area contributed by atoms with Crippen LogP contribution in [0, 0.1) is 25.7 Å². The molecule has 0 bridgehead atoms. The van der Waals surface area contributed by atoms with E-state index in [-0.39, 0.29) is 24.2 Å². The van der Waals surface area contributed by atoms with Gasteiger partial charge in [0, 0.05) is 25.9 Å². The van der Waals surface area contributed by atoms with Crippen LogP contribution in [0.4, 0.5) is 5.69 Å². The van der Waals surface area contributed by atoms with Crippen molar-refractivity contribution in [2.45, 2.75) is 40.0 Å². The molecule has 2 unspecified atom stereocenters. The topological polar surface area (TPSA) is 90.3 Å². The number of likely N-dealkylation sites (tertiary alicyclic amines) is 1. The molecule has 2 heterocycles. The molecule has 1 N–H and O–H groups in total. The van der Waals surface area contributed by atoms with Gasteiger partial charge in [0.1, 0.15) is 5.71 Å². The summed E-state index contributed by atoms with van der Waals surface area (Å²) in [6.07, 6.45) is 0.987. The summed E-state index contributed by atoms with van der Waals surface area (Å²) in [4.78, 5) is 38.3. The minimum atomic E-state index is -0.809. The maximum atomic E-state index is 12.9. The first kappa shape index (κ1) is 19.1. The summed E-state index contributed by atoms with van der Waals surface area (Å²) in [6, 6.07) is 5.80. The van der Waals surface area contributed by atoms with Crippen molar-refractivity contribution in [3.05, 3.63) is 29.3 Å². The number of aryl methyl sites for hydroxylation is 2. The number of hydrogen-bond donors (Lipinski definition) is 1. The highest BCUT2D eigenvalue weighted by atomic mass is 16.4. The monoisotopic (exact) mass is 371 g/mol. The smallest absolute Gasteiger partial charge is 0.306 e. The number of carboxylic acids is 1. The summed E-state index contributed by atoms with van der Waals surface area (Å²) in [7, 11) is 0. The number of piperidine rings is 1. The van der Waals surface area contributed by atoms with Crippen molar-refractivity contribution in [3.8, 4) is 0 Å². The van der Waals surface area contributed by atoms with Crippen LogP contribution in [0.15, 0.2) is 23.3 Å². The Bertz CT molecular complexity index is 817. The molecule has 144 valence electrons. The predicted molar refractivity (Wildman–Crippen MR) is 102 cm³/mol. The number of benzene rings is 1. The molecule has 1 fully saturated rings. The Morgan fingerprint density at radius 3 is 2.63 bits per heavy atom. The lowest BCUT2D eigenvalue weighted by Crippen LogP contribution is -2.48. The van der Waals surface area contributed by atoms with Crippen molar-refractivity contribution >= 4 is 29.2 Å². The van der Waals surface area contributed by atoms with Gasteiger partial charge < -0.3 is 10.0 Å². The number of carbonyl (C=O) groups is 3. The Morgan fingerprint density at radius 1 is 1.22 bits per heavy atom. The van der Waals surface area contributed by atoms with Crippen molar-refractivity contribution < 1.29 is 19.5 Å². The van der Waals surface area contributed by atoms with E-state index in [1.165, 1.54) is 5.01 Å². The molecular weight excluding hydrogens is 346 g/mol. The number of carbonyl (C=O) groups excluding carboxylic acids is 2. The van der Waals surface area contributed by atoms with Crippen molar-refractivity contribution in [2.24, 2.45) is 16.9 Å². The van der Waals surface area contributed by atoms with E-state index in [4.69, 9.17) is 0 Å². The van der Waals surface area contributed by atoms with Gasteiger partial charge in [-0.25, -0.2) is 5.01 Å². The quantitative estimate of drug-likeness (QED) is 0.883. The summed E-state index contributed by atoms with van der Waals surface area (Å²) in [5, 5.41) is 15.0. The summed E-state index contributed by atoms with van der Waals surface area (Å²) in [5.41, 5.74) is 2.99. The summed E-state index contributed by atoms with van der Waals surface area (Å²) >= 11 is 0. The second-order valence-corrected chi connectivity index (χ2v) is 7.50. The van der Waals surface area contributed by atoms with E-state index in [0.717, 1.165) is 11.1 Å². The Hall–Kier alpha value is -2.70.